The zero-order chi connectivity index (χ0) is 18.3. The van der Waals surface area contributed by atoms with Crippen molar-refractivity contribution in [1.82, 2.24) is 10.0 Å². The maximum Gasteiger partial charge on any atom is 0.251 e. The van der Waals surface area contributed by atoms with Crippen LogP contribution in [0.4, 0.5) is 10.1 Å². The highest BCUT2D eigenvalue weighted by atomic mass is 32.2. The monoisotopic (exact) mass is 377 g/mol. The molecule has 1 aromatic carbocycles. The van der Waals surface area contributed by atoms with E-state index >= 15 is 4.39 Å². The number of allylic oxidation sites excluding steroid dienone is 1. The van der Waals surface area contributed by atoms with Crippen molar-refractivity contribution in [3.05, 3.63) is 35.2 Å². The first-order chi connectivity index (χ1) is 12.5. The number of benzene rings is 1. The van der Waals surface area contributed by atoms with Gasteiger partial charge in [-0.3, -0.25) is 13.8 Å². The predicted molar refractivity (Wildman–Crippen MR) is 101 cm³/mol. The van der Waals surface area contributed by atoms with Gasteiger partial charge in [0.2, 0.25) is 0 Å². The molecule has 5 nitrogen and oxygen atoms in total. The quantitative estimate of drug-likeness (QED) is 0.544. The van der Waals surface area contributed by atoms with Gasteiger partial charge in [0.05, 0.1) is 12.1 Å². The Bertz CT molecular complexity index is 747. The Morgan fingerprint density at radius 3 is 2.92 bits per heavy atom. The smallest absolute Gasteiger partial charge is 0.251 e. The number of halogens is 1. The molecule has 0 radical (unpaired) electrons. The summed E-state index contributed by atoms with van der Waals surface area (Å²) in [5.41, 5.74) is 3.00. The zero-order valence-corrected chi connectivity index (χ0v) is 15.5. The molecule has 3 N–H and O–H groups in total. The minimum atomic E-state index is -0.397. The second kappa shape index (κ2) is 7.12. The number of anilines is 1. The fraction of sp³-hybridized carbons (Fsp3) is 0.526. The summed E-state index contributed by atoms with van der Waals surface area (Å²) in [6.45, 7) is 4.98. The van der Waals surface area contributed by atoms with Crippen molar-refractivity contribution in [2.45, 2.75) is 44.6 Å². The number of nitrogens with zero attached hydrogens (tertiary/aromatic N) is 1. The van der Waals surface area contributed by atoms with Gasteiger partial charge < -0.3 is 10.4 Å². The third-order valence-corrected chi connectivity index (χ3v) is 6.42. The van der Waals surface area contributed by atoms with Gasteiger partial charge in [-0.15, -0.1) is 0 Å². The number of fused-ring (bicyclic) bond motifs is 1. The van der Waals surface area contributed by atoms with Crippen molar-refractivity contribution >= 4 is 23.7 Å². The molecule has 2 aliphatic carbocycles. The molecule has 4 rings (SSSR count). The zero-order valence-electron chi connectivity index (χ0n) is 14.7. The van der Waals surface area contributed by atoms with E-state index in [9.17, 15) is 9.90 Å². The lowest BCUT2D eigenvalue weighted by Crippen LogP contribution is -2.37. The molecule has 26 heavy (non-hydrogen) atoms. The number of hydrogen-bond donors (Lipinski definition) is 3. The molecule has 140 valence electrons. The first-order valence-corrected chi connectivity index (χ1v) is 9.95. The van der Waals surface area contributed by atoms with Crippen molar-refractivity contribution in [3.8, 4) is 5.75 Å². The van der Waals surface area contributed by atoms with E-state index in [1.165, 1.54) is 9.88 Å². The molecule has 1 saturated heterocycles. The van der Waals surface area contributed by atoms with Gasteiger partial charge in [0.15, 0.2) is 5.82 Å². The Labute approximate surface area is 157 Å². The molecule has 1 amide bonds. The van der Waals surface area contributed by atoms with Crippen LogP contribution >= 0.6 is 12.1 Å². The molecule has 1 unspecified atom stereocenters. The van der Waals surface area contributed by atoms with Crippen LogP contribution in [0.5, 0.6) is 5.75 Å². The Hall–Kier alpha value is -1.73. The van der Waals surface area contributed by atoms with E-state index in [-0.39, 0.29) is 29.9 Å². The average Bonchev–Trinajstić information content (AvgIpc) is 2.99. The van der Waals surface area contributed by atoms with Gasteiger partial charge in [-0.25, -0.2) is 4.39 Å². The van der Waals surface area contributed by atoms with Crippen LogP contribution in [0, 0.1) is 11.7 Å². The normalized spacial score (nSPS) is 23.0. The summed E-state index contributed by atoms with van der Waals surface area (Å²) in [5, 5.41) is 13.8. The van der Waals surface area contributed by atoms with Crippen molar-refractivity contribution in [2.75, 3.05) is 17.4 Å². The van der Waals surface area contributed by atoms with Gasteiger partial charge in [0.1, 0.15) is 18.0 Å². The molecule has 1 aliphatic heterocycles. The van der Waals surface area contributed by atoms with Crippen LogP contribution in [-0.2, 0) is 17.6 Å². The molecular weight excluding hydrogens is 353 g/mol. The highest BCUT2D eigenvalue weighted by Crippen LogP contribution is 2.40. The van der Waals surface area contributed by atoms with Crippen LogP contribution in [0.3, 0.4) is 0 Å². The standard InChI is InChI=1S/C19H24FN3O2S/c1-11-6-12(7-11)4-5-21-14-3-2-13-8-16(24)19(18(20)15(13)9-14)23-10-17(25)22-26-23/h8,12,14,21,24H,1-7,9-10H2,(H,22,25). The highest BCUT2D eigenvalue weighted by Gasteiger charge is 2.31. The number of nitrogens with one attached hydrogen (secondary N) is 2. The number of hydrogen-bond acceptors (Lipinski definition) is 5. The number of carbonyl (C=O) groups is 1. The van der Waals surface area contributed by atoms with Gasteiger partial charge in [-0.1, -0.05) is 12.2 Å². The number of phenols is 1. The summed E-state index contributed by atoms with van der Waals surface area (Å²) in [6.07, 6.45) is 5.75. The molecule has 1 heterocycles. The number of aryl methyl sites for hydroxylation is 1. The second-order valence-electron chi connectivity index (χ2n) is 7.56. The van der Waals surface area contributed by atoms with E-state index in [2.05, 4.69) is 16.6 Å². The van der Waals surface area contributed by atoms with E-state index in [0.29, 0.717) is 12.0 Å². The number of carbonyl (C=O) groups excluding carboxylic acids is 1. The largest absolute Gasteiger partial charge is 0.506 e. The van der Waals surface area contributed by atoms with Crippen LogP contribution in [0.1, 0.15) is 36.8 Å². The van der Waals surface area contributed by atoms with Gasteiger partial charge >= 0.3 is 0 Å². The Morgan fingerprint density at radius 1 is 1.42 bits per heavy atom. The van der Waals surface area contributed by atoms with Crippen molar-refractivity contribution in [1.29, 1.82) is 0 Å². The first kappa shape index (κ1) is 17.7. The summed E-state index contributed by atoms with van der Waals surface area (Å²) in [4.78, 5) is 11.4. The van der Waals surface area contributed by atoms with E-state index in [4.69, 9.17) is 0 Å². The fourth-order valence-corrected chi connectivity index (χ4v) is 4.85. The predicted octanol–water partition coefficient (Wildman–Crippen LogP) is 2.83. The molecule has 1 aromatic rings. The topological polar surface area (TPSA) is 64.6 Å². The SMILES string of the molecule is C=C1CC(CCNC2CCc3cc(O)c(N4CC(=O)NS4)c(F)c3C2)C1. The number of amides is 1. The third-order valence-electron chi connectivity index (χ3n) is 5.57. The lowest BCUT2D eigenvalue weighted by molar-refractivity contribution is -0.117. The van der Waals surface area contributed by atoms with Gasteiger partial charge in [-0.05, 0) is 68.2 Å². The number of rotatable bonds is 5. The van der Waals surface area contributed by atoms with E-state index < -0.39 is 5.82 Å². The molecule has 1 saturated carbocycles. The van der Waals surface area contributed by atoms with Crippen molar-refractivity contribution in [2.24, 2.45) is 5.92 Å². The van der Waals surface area contributed by atoms with Crippen LogP contribution < -0.4 is 14.3 Å². The maximum atomic E-state index is 15.1. The molecule has 2 fully saturated rings. The fourth-order valence-electron chi connectivity index (χ4n) is 4.13. The van der Waals surface area contributed by atoms with E-state index in [0.717, 1.165) is 62.3 Å². The van der Waals surface area contributed by atoms with Gasteiger partial charge in [0, 0.05) is 6.04 Å². The molecule has 0 bridgehead atoms. The summed E-state index contributed by atoms with van der Waals surface area (Å²) in [5.74, 6) is 0.0702. The molecule has 0 spiro atoms. The lowest BCUT2D eigenvalue weighted by Gasteiger charge is -2.31. The molecular formula is C19H24FN3O2S. The lowest BCUT2D eigenvalue weighted by atomic mass is 9.79. The second-order valence-corrected chi connectivity index (χ2v) is 8.38. The van der Waals surface area contributed by atoms with Gasteiger partial charge in [-0.2, -0.15) is 0 Å². The molecule has 3 aliphatic rings. The van der Waals surface area contributed by atoms with Crippen LogP contribution in [0.25, 0.3) is 0 Å². The van der Waals surface area contributed by atoms with E-state index in [1.54, 1.807) is 6.07 Å². The van der Waals surface area contributed by atoms with Crippen molar-refractivity contribution < 1.29 is 14.3 Å². The minimum absolute atomic E-state index is 0.0439. The number of aromatic hydroxyl groups is 1. The van der Waals surface area contributed by atoms with E-state index in [1.807, 2.05) is 0 Å². The average molecular weight is 377 g/mol. The summed E-state index contributed by atoms with van der Waals surface area (Å²) in [7, 11) is 0. The van der Waals surface area contributed by atoms with Crippen LogP contribution in [-0.4, -0.2) is 30.1 Å². The Kier molecular flexibility index (Phi) is 4.84. The molecule has 1 atom stereocenters. The highest BCUT2D eigenvalue weighted by molar-refractivity contribution is 7.99. The summed E-state index contributed by atoms with van der Waals surface area (Å²) < 4.78 is 19.2. The minimum Gasteiger partial charge on any atom is -0.506 e. The Morgan fingerprint density at radius 2 is 2.23 bits per heavy atom. The third kappa shape index (κ3) is 3.42. The summed E-state index contributed by atoms with van der Waals surface area (Å²) >= 11 is 1.02. The molecule has 7 heteroatoms. The van der Waals surface area contributed by atoms with Gasteiger partial charge in [0.25, 0.3) is 5.91 Å². The van der Waals surface area contributed by atoms with Crippen LogP contribution in [0.15, 0.2) is 18.2 Å². The maximum absolute atomic E-state index is 15.1. The molecule has 0 aromatic heterocycles. The summed E-state index contributed by atoms with van der Waals surface area (Å²) in [6, 6.07) is 1.91. The van der Waals surface area contributed by atoms with Crippen molar-refractivity contribution in [3.63, 3.8) is 0 Å². The Balaban J connectivity index is 1.43. The first-order valence-electron chi connectivity index (χ1n) is 9.18. The van der Waals surface area contributed by atoms with Crippen LogP contribution in [0.2, 0.25) is 0 Å². The number of phenolic OH excluding ortho intramolecular Hbond substituents is 1.